The number of hydrogen-bond donors (Lipinski definition) is 1. The zero-order chi connectivity index (χ0) is 10.7. The Bertz CT molecular complexity index is 409. The third-order valence-electron chi connectivity index (χ3n) is 2.17. The highest BCUT2D eigenvalue weighted by Crippen LogP contribution is 1.98. The fraction of sp³-hybridized carbons (Fsp3) is 0.556. The van der Waals surface area contributed by atoms with Crippen molar-refractivity contribution in [2.24, 2.45) is 12.0 Å². The van der Waals surface area contributed by atoms with Gasteiger partial charge in [-0.1, -0.05) is 0 Å². The molecule has 1 atom stereocenters. The highest BCUT2D eigenvalue weighted by atomic mass is 35.5. The number of nitrogens with zero attached hydrogens (tertiary/aromatic N) is 2. The van der Waals surface area contributed by atoms with Gasteiger partial charge in [0.25, 0.3) is 5.91 Å². The molecular weight excluding hydrogens is 250 g/mol. The minimum atomic E-state index is -0.430. The maximum Gasteiger partial charge on any atom is 0.278 e. The molecular formula is C9H14ClN3O2S. The number of morpholine rings is 1. The van der Waals surface area contributed by atoms with Crippen LogP contribution < -0.4 is 10.1 Å². The maximum atomic E-state index is 11.7. The molecule has 0 radical (unpaired) electrons. The van der Waals surface area contributed by atoms with Crippen molar-refractivity contribution in [1.29, 1.82) is 0 Å². The fourth-order valence-corrected chi connectivity index (χ4v) is 2.06. The average molecular weight is 264 g/mol. The lowest BCUT2D eigenvalue weighted by atomic mass is 10.3. The Morgan fingerprint density at radius 1 is 1.75 bits per heavy atom. The van der Waals surface area contributed by atoms with Crippen molar-refractivity contribution in [3.8, 4) is 0 Å². The summed E-state index contributed by atoms with van der Waals surface area (Å²) in [4.78, 5) is 16.4. The van der Waals surface area contributed by atoms with Crippen molar-refractivity contribution in [1.82, 2.24) is 9.88 Å². The molecule has 5 nitrogen and oxygen atoms in total. The molecule has 1 saturated heterocycles. The normalized spacial score (nSPS) is 21.6. The van der Waals surface area contributed by atoms with E-state index in [1.807, 2.05) is 23.2 Å². The summed E-state index contributed by atoms with van der Waals surface area (Å²) < 4.78 is 7.14. The number of thiazole rings is 1. The predicted octanol–water partition coefficient (Wildman–Crippen LogP) is -0.0759. The quantitative estimate of drug-likeness (QED) is 0.771. The van der Waals surface area contributed by atoms with Crippen molar-refractivity contribution < 1.29 is 9.53 Å². The van der Waals surface area contributed by atoms with Crippen LogP contribution in [0, 0.1) is 0 Å². The Hall–Kier alpha value is -0.690. The van der Waals surface area contributed by atoms with Gasteiger partial charge in [-0.05, 0) is 0 Å². The standard InChI is InChI=1S/C9H13N3O2S.ClH/c1-12-3-5-15-9(12)11-8(13)7-6-10-2-4-14-7;/h3,5,7,10H,2,4,6H2,1H3;1H/t7-;/m0./s1. The van der Waals surface area contributed by atoms with Crippen LogP contribution in [0.25, 0.3) is 0 Å². The van der Waals surface area contributed by atoms with Gasteiger partial charge < -0.3 is 14.6 Å². The Balaban J connectivity index is 0.00000128. The molecule has 0 saturated carbocycles. The van der Waals surface area contributed by atoms with Crippen LogP contribution in [-0.4, -0.2) is 36.3 Å². The van der Waals surface area contributed by atoms with Crippen molar-refractivity contribution in [3.05, 3.63) is 16.4 Å². The second kappa shape index (κ2) is 6.15. The van der Waals surface area contributed by atoms with E-state index in [-0.39, 0.29) is 18.3 Å². The van der Waals surface area contributed by atoms with Crippen LogP contribution >= 0.6 is 23.7 Å². The van der Waals surface area contributed by atoms with E-state index in [1.54, 1.807) is 0 Å². The Morgan fingerprint density at radius 3 is 3.12 bits per heavy atom. The van der Waals surface area contributed by atoms with Gasteiger partial charge in [0, 0.05) is 31.7 Å². The highest BCUT2D eigenvalue weighted by Gasteiger charge is 2.21. The topological polar surface area (TPSA) is 55.6 Å². The van der Waals surface area contributed by atoms with E-state index in [0.717, 1.165) is 6.54 Å². The molecule has 0 aromatic carbocycles. The number of halogens is 1. The van der Waals surface area contributed by atoms with E-state index in [9.17, 15) is 4.79 Å². The van der Waals surface area contributed by atoms with Gasteiger partial charge in [0.05, 0.1) is 6.61 Å². The van der Waals surface area contributed by atoms with E-state index >= 15 is 0 Å². The first-order valence-electron chi connectivity index (χ1n) is 4.78. The summed E-state index contributed by atoms with van der Waals surface area (Å²) in [7, 11) is 1.86. The summed E-state index contributed by atoms with van der Waals surface area (Å²) in [6, 6.07) is 0. The number of hydrogen-bond acceptors (Lipinski definition) is 4. The number of ether oxygens (including phenoxy) is 1. The molecule has 1 amide bonds. The third kappa shape index (κ3) is 3.15. The van der Waals surface area contributed by atoms with Gasteiger partial charge in [-0.15, -0.1) is 23.7 Å². The number of carbonyl (C=O) groups is 1. The predicted molar refractivity (Wildman–Crippen MR) is 63.7 cm³/mol. The van der Waals surface area contributed by atoms with Crippen LogP contribution in [0.5, 0.6) is 0 Å². The molecule has 7 heteroatoms. The van der Waals surface area contributed by atoms with Crippen molar-refractivity contribution >= 4 is 29.7 Å². The van der Waals surface area contributed by atoms with Crippen LogP contribution in [0.2, 0.25) is 0 Å². The van der Waals surface area contributed by atoms with Crippen molar-refractivity contribution in [2.75, 3.05) is 19.7 Å². The number of aromatic nitrogens is 1. The molecule has 1 aliphatic rings. The minimum Gasteiger partial charge on any atom is -0.366 e. The first-order chi connectivity index (χ1) is 7.27. The summed E-state index contributed by atoms with van der Waals surface area (Å²) in [6.45, 7) is 1.93. The Kier molecular flexibility index (Phi) is 5.14. The Labute approximate surface area is 104 Å². The van der Waals surface area contributed by atoms with Gasteiger partial charge in [-0.25, -0.2) is 0 Å². The van der Waals surface area contributed by atoms with Crippen LogP contribution in [0.3, 0.4) is 0 Å². The largest absolute Gasteiger partial charge is 0.366 e. The van der Waals surface area contributed by atoms with E-state index in [1.165, 1.54) is 11.3 Å². The number of nitrogens with one attached hydrogen (secondary N) is 1. The van der Waals surface area contributed by atoms with Gasteiger partial charge >= 0.3 is 0 Å². The molecule has 16 heavy (non-hydrogen) atoms. The summed E-state index contributed by atoms with van der Waals surface area (Å²) in [5, 5.41) is 5.00. The van der Waals surface area contributed by atoms with E-state index in [4.69, 9.17) is 4.74 Å². The summed E-state index contributed by atoms with van der Waals surface area (Å²) in [5.74, 6) is -0.208. The van der Waals surface area contributed by atoms with Crippen LogP contribution in [-0.2, 0) is 16.6 Å². The first kappa shape index (κ1) is 13.4. The Morgan fingerprint density at radius 2 is 2.56 bits per heavy atom. The smallest absolute Gasteiger partial charge is 0.278 e. The monoisotopic (exact) mass is 263 g/mol. The molecule has 1 aliphatic heterocycles. The maximum absolute atomic E-state index is 11.7. The van der Waals surface area contributed by atoms with E-state index < -0.39 is 6.10 Å². The average Bonchev–Trinajstić information content (AvgIpc) is 2.66. The fourth-order valence-electron chi connectivity index (χ4n) is 1.32. The number of aryl methyl sites for hydroxylation is 1. The minimum absolute atomic E-state index is 0. The van der Waals surface area contributed by atoms with Gasteiger partial charge in [-0.3, -0.25) is 4.79 Å². The molecule has 0 bridgehead atoms. The SMILES string of the molecule is Cl.Cn1ccsc1=NC(=O)[C@@H]1CNCCO1. The van der Waals surface area contributed by atoms with Crippen molar-refractivity contribution in [3.63, 3.8) is 0 Å². The van der Waals surface area contributed by atoms with Crippen LogP contribution in [0.15, 0.2) is 16.6 Å². The van der Waals surface area contributed by atoms with Crippen LogP contribution in [0.1, 0.15) is 0 Å². The molecule has 1 aromatic heterocycles. The zero-order valence-corrected chi connectivity index (χ0v) is 10.5. The number of rotatable bonds is 1. The van der Waals surface area contributed by atoms with Gasteiger partial charge in [-0.2, -0.15) is 4.99 Å². The molecule has 1 aromatic rings. The third-order valence-corrected chi connectivity index (χ3v) is 3.02. The lowest BCUT2D eigenvalue weighted by molar-refractivity contribution is -0.130. The van der Waals surface area contributed by atoms with Crippen molar-refractivity contribution in [2.45, 2.75) is 6.10 Å². The zero-order valence-electron chi connectivity index (χ0n) is 8.88. The number of carbonyl (C=O) groups excluding carboxylic acids is 1. The molecule has 90 valence electrons. The molecule has 1 fully saturated rings. The van der Waals surface area contributed by atoms with Gasteiger partial charge in [0.2, 0.25) is 0 Å². The number of amides is 1. The lowest BCUT2D eigenvalue weighted by Crippen LogP contribution is -2.43. The van der Waals surface area contributed by atoms with Gasteiger partial charge in [0.15, 0.2) is 10.9 Å². The molecule has 0 unspecified atom stereocenters. The summed E-state index contributed by atoms with van der Waals surface area (Å²) in [6.07, 6.45) is 1.44. The first-order valence-corrected chi connectivity index (χ1v) is 5.66. The molecule has 2 rings (SSSR count). The van der Waals surface area contributed by atoms with Gasteiger partial charge in [0.1, 0.15) is 0 Å². The second-order valence-electron chi connectivity index (χ2n) is 3.31. The molecule has 1 N–H and O–H groups in total. The van der Waals surface area contributed by atoms with E-state index in [2.05, 4.69) is 10.3 Å². The molecule has 2 heterocycles. The van der Waals surface area contributed by atoms with E-state index in [0.29, 0.717) is 18.0 Å². The highest BCUT2D eigenvalue weighted by molar-refractivity contribution is 7.07. The molecule has 0 spiro atoms. The van der Waals surface area contributed by atoms with Crippen LogP contribution in [0.4, 0.5) is 0 Å². The lowest BCUT2D eigenvalue weighted by Gasteiger charge is -2.20. The molecule has 0 aliphatic carbocycles. The summed E-state index contributed by atoms with van der Waals surface area (Å²) >= 11 is 1.44. The second-order valence-corrected chi connectivity index (χ2v) is 4.18. The summed E-state index contributed by atoms with van der Waals surface area (Å²) in [5.41, 5.74) is 0.